The Balaban J connectivity index is 4.12. The van der Waals surface area contributed by atoms with Crippen LogP contribution in [0.4, 0.5) is 9.59 Å². The van der Waals surface area contributed by atoms with Crippen LogP contribution in [-0.4, -0.2) is 33.5 Å². The summed E-state index contributed by atoms with van der Waals surface area (Å²) in [7, 11) is 0. The number of amides is 2. The summed E-state index contributed by atoms with van der Waals surface area (Å²) < 4.78 is 0. The molecule has 0 saturated heterocycles. The predicted octanol–water partition coefficient (Wildman–Crippen LogP) is 0.557. The van der Waals surface area contributed by atoms with Crippen molar-refractivity contribution in [2.75, 3.05) is 0 Å². The Labute approximate surface area is 63.4 Å². The summed E-state index contributed by atoms with van der Waals surface area (Å²) in [6.07, 6.45) is -2.71. The molecular weight excluding hydrogens is 152 g/mol. The lowest BCUT2D eigenvalue weighted by Crippen LogP contribution is -2.48. The van der Waals surface area contributed by atoms with Gasteiger partial charge in [0.15, 0.2) is 0 Å². The second-order valence-electron chi connectivity index (χ2n) is 2.16. The van der Waals surface area contributed by atoms with E-state index in [4.69, 9.17) is 10.2 Å². The van der Waals surface area contributed by atoms with Gasteiger partial charge in [0.1, 0.15) is 0 Å². The minimum absolute atomic E-state index is 0.413. The number of rotatable bonds is 1. The second kappa shape index (κ2) is 3.65. The van der Waals surface area contributed by atoms with Crippen molar-refractivity contribution in [2.24, 2.45) is 0 Å². The number of nitrogens with zero attached hydrogens (tertiary/aromatic N) is 1. The maximum atomic E-state index is 10.3. The summed E-state index contributed by atoms with van der Waals surface area (Å²) in [5.74, 6) is 0. The molecule has 6 heteroatoms. The van der Waals surface area contributed by atoms with Crippen molar-refractivity contribution in [3.8, 4) is 0 Å². The van der Waals surface area contributed by atoms with Crippen LogP contribution in [0.15, 0.2) is 0 Å². The van der Waals surface area contributed by atoms with E-state index in [1.54, 1.807) is 19.3 Å². The minimum Gasteiger partial charge on any atom is -0.464 e. The average molecular weight is 162 g/mol. The molecule has 0 fully saturated rings. The molecule has 0 atom stereocenters. The van der Waals surface area contributed by atoms with Crippen LogP contribution in [0.5, 0.6) is 0 Å². The largest absolute Gasteiger partial charge is 0.464 e. The molecule has 0 aliphatic carbocycles. The van der Waals surface area contributed by atoms with Gasteiger partial charge >= 0.3 is 12.2 Å². The summed E-state index contributed by atoms with van der Waals surface area (Å²) in [4.78, 5) is 20.3. The molecule has 0 radical (unpaired) electrons. The molecule has 11 heavy (non-hydrogen) atoms. The third-order valence-electron chi connectivity index (χ3n) is 0.939. The van der Waals surface area contributed by atoms with Crippen molar-refractivity contribution in [1.29, 1.82) is 0 Å². The number of nitrogens with one attached hydrogen (secondary N) is 1. The smallest absolute Gasteiger partial charge is 0.426 e. The van der Waals surface area contributed by atoms with E-state index in [0.717, 1.165) is 0 Å². The molecule has 0 aliphatic rings. The molecule has 0 aromatic rings. The van der Waals surface area contributed by atoms with Crippen LogP contribution in [0, 0.1) is 0 Å². The van der Waals surface area contributed by atoms with Crippen LogP contribution >= 0.6 is 0 Å². The zero-order valence-electron chi connectivity index (χ0n) is 6.24. The van der Waals surface area contributed by atoms with E-state index in [-0.39, 0.29) is 0 Å². The van der Waals surface area contributed by atoms with Gasteiger partial charge in [0.05, 0.1) is 6.04 Å². The molecule has 0 rings (SSSR count). The Morgan fingerprint density at radius 1 is 1.36 bits per heavy atom. The number of hydrazine groups is 1. The molecule has 0 bridgehead atoms. The van der Waals surface area contributed by atoms with Gasteiger partial charge in [0, 0.05) is 0 Å². The maximum absolute atomic E-state index is 10.3. The van der Waals surface area contributed by atoms with Gasteiger partial charge in [0.25, 0.3) is 0 Å². The molecule has 0 aromatic carbocycles. The SMILES string of the molecule is CC(C)N(NC(=O)O)C(=O)O. The summed E-state index contributed by atoms with van der Waals surface area (Å²) in [5, 5.41) is 17.2. The number of hydrogen-bond acceptors (Lipinski definition) is 2. The van der Waals surface area contributed by atoms with Crippen molar-refractivity contribution in [1.82, 2.24) is 10.4 Å². The van der Waals surface area contributed by atoms with Crippen LogP contribution in [0.1, 0.15) is 13.8 Å². The molecular formula is C5H10N2O4. The van der Waals surface area contributed by atoms with Gasteiger partial charge in [-0.3, -0.25) is 0 Å². The van der Waals surface area contributed by atoms with Gasteiger partial charge in [0.2, 0.25) is 0 Å². The Morgan fingerprint density at radius 2 is 1.82 bits per heavy atom. The van der Waals surface area contributed by atoms with Gasteiger partial charge in [-0.2, -0.15) is 0 Å². The van der Waals surface area contributed by atoms with Crippen LogP contribution in [0.2, 0.25) is 0 Å². The van der Waals surface area contributed by atoms with Gasteiger partial charge in [-0.25, -0.2) is 20.0 Å². The van der Waals surface area contributed by atoms with Crippen molar-refractivity contribution < 1.29 is 19.8 Å². The molecule has 6 nitrogen and oxygen atoms in total. The summed E-state index contributed by atoms with van der Waals surface area (Å²) in [6.45, 7) is 3.12. The predicted molar refractivity (Wildman–Crippen MR) is 36.2 cm³/mol. The quantitative estimate of drug-likeness (QED) is 0.491. The highest BCUT2D eigenvalue weighted by molar-refractivity contribution is 5.71. The van der Waals surface area contributed by atoms with E-state index in [2.05, 4.69) is 0 Å². The lowest BCUT2D eigenvalue weighted by Gasteiger charge is -2.21. The average Bonchev–Trinajstić information content (AvgIpc) is 1.81. The Bertz CT molecular complexity index is 168. The fourth-order valence-corrected chi connectivity index (χ4v) is 0.501. The first-order valence-electron chi connectivity index (χ1n) is 2.97. The van der Waals surface area contributed by atoms with Crippen LogP contribution in [0.3, 0.4) is 0 Å². The number of carbonyl (C=O) groups is 2. The monoisotopic (exact) mass is 162 g/mol. The van der Waals surface area contributed by atoms with Crippen molar-refractivity contribution in [3.05, 3.63) is 0 Å². The number of carboxylic acid groups (broad SMARTS) is 2. The minimum atomic E-state index is -1.39. The Kier molecular flexibility index (Phi) is 3.16. The van der Waals surface area contributed by atoms with Crippen molar-refractivity contribution in [2.45, 2.75) is 19.9 Å². The Hall–Kier alpha value is -1.46. The highest BCUT2D eigenvalue weighted by atomic mass is 16.4. The summed E-state index contributed by atoms with van der Waals surface area (Å²) >= 11 is 0. The third kappa shape index (κ3) is 3.29. The zero-order chi connectivity index (χ0) is 9.02. The summed E-state index contributed by atoms with van der Waals surface area (Å²) in [5.41, 5.74) is 1.73. The first-order chi connectivity index (χ1) is 4.95. The third-order valence-corrected chi connectivity index (χ3v) is 0.939. The zero-order valence-corrected chi connectivity index (χ0v) is 6.24. The van der Waals surface area contributed by atoms with E-state index in [9.17, 15) is 9.59 Å². The lowest BCUT2D eigenvalue weighted by atomic mass is 10.4. The van der Waals surface area contributed by atoms with Crippen molar-refractivity contribution >= 4 is 12.2 Å². The van der Waals surface area contributed by atoms with Gasteiger partial charge in [-0.1, -0.05) is 0 Å². The molecule has 0 aliphatic heterocycles. The molecule has 0 heterocycles. The first-order valence-corrected chi connectivity index (χ1v) is 2.97. The fraction of sp³-hybridized carbons (Fsp3) is 0.600. The second-order valence-corrected chi connectivity index (χ2v) is 2.16. The first kappa shape index (κ1) is 9.54. The maximum Gasteiger partial charge on any atom is 0.426 e. The molecule has 0 unspecified atom stereocenters. The van der Waals surface area contributed by atoms with Crippen LogP contribution in [-0.2, 0) is 0 Å². The summed E-state index contributed by atoms with van der Waals surface area (Å²) in [6, 6.07) is -0.413. The van der Waals surface area contributed by atoms with Crippen molar-refractivity contribution in [3.63, 3.8) is 0 Å². The molecule has 0 saturated carbocycles. The van der Waals surface area contributed by atoms with Gasteiger partial charge in [-0.15, -0.1) is 0 Å². The van der Waals surface area contributed by atoms with E-state index in [0.29, 0.717) is 5.01 Å². The van der Waals surface area contributed by atoms with E-state index in [1.165, 1.54) is 0 Å². The van der Waals surface area contributed by atoms with Crippen LogP contribution in [0.25, 0.3) is 0 Å². The van der Waals surface area contributed by atoms with Gasteiger partial charge < -0.3 is 10.2 Å². The van der Waals surface area contributed by atoms with E-state index in [1.807, 2.05) is 0 Å². The highest BCUT2D eigenvalue weighted by Gasteiger charge is 2.16. The lowest BCUT2D eigenvalue weighted by molar-refractivity contribution is 0.0945. The Morgan fingerprint density at radius 3 is 1.91 bits per heavy atom. The molecule has 64 valence electrons. The standard InChI is InChI=1S/C5H10N2O4/c1-3(2)7(5(10)11)6-4(8)9/h3,6H,1-2H3,(H,8,9)(H,10,11). The topological polar surface area (TPSA) is 89.9 Å². The van der Waals surface area contributed by atoms with Gasteiger partial charge in [-0.05, 0) is 13.8 Å². The molecule has 2 amide bonds. The highest BCUT2D eigenvalue weighted by Crippen LogP contribution is 1.93. The number of hydrogen-bond donors (Lipinski definition) is 3. The van der Waals surface area contributed by atoms with E-state index < -0.39 is 18.2 Å². The van der Waals surface area contributed by atoms with E-state index >= 15 is 0 Å². The fourth-order valence-electron chi connectivity index (χ4n) is 0.501. The molecule has 0 aromatic heterocycles. The molecule has 3 N–H and O–H groups in total. The van der Waals surface area contributed by atoms with Crippen LogP contribution < -0.4 is 5.43 Å². The normalized spacial score (nSPS) is 9.36. The molecule has 0 spiro atoms.